The van der Waals surface area contributed by atoms with E-state index in [2.05, 4.69) is 5.32 Å². The maximum atomic E-state index is 13.0. The molecule has 2 atom stereocenters. The summed E-state index contributed by atoms with van der Waals surface area (Å²) in [5.41, 5.74) is 0.898. The standard InChI is InChI=1S/C24H32N2O5S/c1-4-30-22-14-13-19(16-23(22)31-5-2)18(3)25-24(27)20-10-9-15-26(17-20)32(28,29)21-11-7-6-8-12-21/h6-8,11-14,16,18,20H,4-5,9-10,15,17H2,1-3H3,(H,25,27). The predicted octanol–water partition coefficient (Wildman–Crippen LogP) is 3.76. The minimum absolute atomic E-state index is 0.141. The Morgan fingerprint density at radius 1 is 1.09 bits per heavy atom. The molecule has 32 heavy (non-hydrogen) atoms. The summed E-state index contributed by atoms with van der Waals surface area (Å²) in [7, 11) is -3.61. The van der Waals surface area contributed by atoms with Gasteiger partial charge in [-0.1, -0.05) is 24.3 Å². The van der Waals surface area contributed by atoms with Crippen LogP contribution in [0.2, 0.25) is 0 Å². The van der Waals surface area contributed by atoms with E-state index in [0.29, 0.717) is 44.1 Å². The quantitative estimate of drug-likeness (QED) is 0.616. The van der Waals surface area contributed by atoms with Crippen molar-refractivity contribution in [2.75, 3.05) is 26.3 Å². The van der Waals surface area contributed by atoms with E-state index in [4.69, 9.17) is 9.47 Å². The first-order valence-electron chi connectivity index (χ1n) is 11.1. The first-order chi connectivity index (χ1) is 15.4. The number of ether oxygens (including phenoxy) is 2. The van der Waals surface area contributed by atoms with Gasteiger partial charge < -0.3 is 14.8 Å². The zero-order chi connectivity index (χ0) is 23.1. The van der Waals surface area contributed by atoms with E-state index in [1.54, 1.807) is 30.3 Å². The molecule has 1 amide bonds. The van der Waals surface area contributed by atoms with Crippen LogP contribution in [0.15, 0.2) is 53.4 Å². The highest BCUT2D eigenvalue weighted by molar-refractivity contribution is 7.89. The van der Waals surface area contributed by atoms with Crippen molar-refractivity contribution in [3.05, 3.63) is 54.1 Å². The topological polar surface area (TPSA) is 84.9 Å². The van der Waals surface area contributed by atoms with Crippen molar-refractivity contribution in [2.45, 2.75) is 44.6 Å². The molecule has 174 valence electrons. The zero-order valence-electron chi connectivity index (χ0n) is 18.9. The van der Waals surface area contributed by atoms with Crippen molar-refractivity contribution in [1.82, 2.24) is 9.62 Å². The lowest BCUT2D eigenvalue weighted by atomic mass is 9.98. The van der Waals surface area contributed by atoms with Crippen LogP contribution < -0.4 is 14.8 Å². The van der Waals surface area contributed by atoms with Gasteiger partial charge in [-0.25, -0.2) is 8.42 Å². The summed E-state index contributed by atoms with van der Waals surface area (Å²) in [5.74, 6) is 0.785. The summed E-state index contributed by atoms with van der Waals surface area (Å²) in [6.45, 7) is 7.39. The minimum atomic E-state index is -3.61. The number of piperidine rings is 1. The Morgan fingerprint density at radius 3 is 2.47 bits per heavy atom. The summed E-state index contributed by atoms with van der Waals surface area (Å²) in [6.07, 6.45) is 1.31. The predicted molar refractivity (Wildman–Crippen MR) is 123 cm³/mol. The molecule has 0 spiro atoms. The van der Waals surface area contributed by atoms with E-state index in [0.717, 1.165) is 5.56 Å². The Morgan fingerprint density at radius 2 is 1.78 bits per heavy atom. The first-order valence-corrected chi connectivity index (χ1v) is 12.6. The molecule has 0 radical (unpaired) electrons. The van der Waals surface area contributed by atoms with Gasteiger partial charge in [0.15, 0.2) is 11.5 Å². The van der Waals surface area contributed by atoms with Gasteiger partial charge in [-0.3, -0.25) is 4.79 Å². The number of carbonyl (C=O) groups is 1. The number of sulfonamides is 1. The molecule has 1 heterocycles. The lowest BCUT2D eigenvalue weighted by Crippen LogP contribution is -2.45. The second kappa shape index (κ2) is 10.8. The second-order valence-corrected chi connectivity index (χ2v) is 9.76. The van der Waals surface area contributed by atoms with Crippen molar-refractivity contribution in [3.8, 4) is 11.5 Å². The fourth-order valence-corrected chi connectivity index (χ4v) is 5.41. The van der Waals surface area contributed by atoms with Gasteiger partial charge >= 0.3 is 0 Å². The Balaban J connectivity index is 1.68. The smallest absolute Gasteiger partial charge is 0.243 e. The van der Waals surface area contributed by atoms with Crippen LogP contribution in [0.1, 0.15) is 45.2 Å². The molecule has 0 aliphatic carbocycles. The third-order valence-corrected chi connectivity index (χ3v) is 7.44. The number of carbonyl (C=O) groups excluding carboxylic acids is 1. The summed E-state index contributed by atoms with van der Waals surface area (Å²) in [6, 6.07) is 13.8. The number of benzene rings is 2. The fourth-order valence-electron chi connectivity index (χ4n) is 3.87. The molecular formula is C24H32N2O5S. The van der Waals surface area contributed by atoms with Gasteiger partial charge in [0.05, 0.1) is 30.1 Å². The van der Waals surface area contributed by atoms with E-state index >= 15 is 0 Å². The van der Waals surface area contributed by atoms with Crippen LogP contribution in [0, 0.1) is 5.92 Å². The lowest BCUT2D eigenvalue weighted by Gasteiger charge is -2.32. The second-order valence-electron chi connectivity index (χ2n) is 7.82. The molecule has 8 heteroatoms. The van der Waals surface area contributed by atoms with E-state index in [9.17, 15) is 13.2 Å². The third kappa shape index (κ3) is 5.61. The van der Waals surface area contributed by atoms with Crippen molar-refractivity contribution >= 4 is 15.9 Å². The fraction of sp³-hybridized carbons (Fsp3) is 0.458. The van der Waals surface area contributed by atoms with Crippen LogP contribution in [0.5, 0.6) is 11.5 Å². The zero-order valence-corrected chi connectivity index (χ0v) is 19.7. The average molecular weight is 461 g/mol. The SMILES string of the molecule is CCOc1ccc(C(C)NC(=O)C2CCCN(S(=O)(=O)c3ccccc3)C2)cc1OCC. The molecule has 0 saturated carbocycles. The van der Waals surface area contributed by atoms with E-state index in [1.807, 2.05) is 39.0 Å². The van der Waals surface area contributed by atoms with Crippen LogP contribution in [0.3, 0.4) is 0 Å². The highest BCUT2D eigenvalue weighted by Gasteiger charge is 2.33. The Labute approximate surface area is 190 Å². The normalized spacial score (nSPS) is 18.0. The Hall–Kier alpha value is -2.58. The largest absolute Gasteiger partial charge is 0.490 e. The van der Waals surface area contributed by atoms with Gasteiger partial charge in [0.1, 0.15) is 0 Å². The average Bonchev–Trinajstić information content (AvgIpc) is 2.81. The number of hydrogen-bond acceptors (Lipinski definition) is 5. The maximum absolute atomic E-state index is 13.0. The molecule has 2 aromatic rings. The molecule has 3 rings (SSSR count). The number of hydrogen-bond donors (Lipinski definition) is 1. The molecule has 1 aliphatic rings. The molecule has 1 fully saturated rings. The highest BCUT2D eigenvalue weighted by atomic mass is 32.2. The number of nitrogens with one attached hydrogen (secondary N) is 1. The summed E-state index contributed by atoms with van der Waals surface area (Å²) < 4.78 is 38.6. The number of nitrogens with zero attached hydrogens (tertiary/aromatic N) is 1. The van der Waals surface area contributed by atoms with Crippen LogP contribution in [0.25, 0.3) is 0 Å². The first kappa shape index (κ1) is 24.1. The molecule has 1 aliphatic heterocycles. The summed E-state index contributed by atoms with van der Waals surface area (Å²) >= 11 is 0. The van der Waals surface area contributed by atoms with Crippen LogP contribution >= 0.6 is 0 Å². The Kier molecular flexibility index (Phi) is 8.15. The van der Waals surface area contributed by atoms with Crippen molar-refractivity contribution in [2.24, 2.45) is 5.92 Å². The monoisotopic (exact) mass is 460 g/mol. The van der Waals surface area contributed by atoms with Crippen molar-refractivity contribution < 1.29 is 22.7 Å². The summed E-state index contributed by atoms with van der Waals surface area (Å²) in [5, 5.41) is 3.04. The van der Waals surface area contributed by atoms with Gasteiger partial charge in [-0.2, -0.15) is 4.31 Å². The van der Waals surface area contributed by atoms with Gasteiger partial charge in [-0.15, -0.1) is 0 Å². The molecule has 2 unspecified atom stereocenters. The van der Waals surface area contributed by atoms with Gasteiger partial charge in [0.25, 0.3) is 0 Å². The van der Waals surface area contributed by atoms with Crippen LogP contribution in [-0.2, 0) is 14.8 Å². The molecule has 7 nitrogen and oxygen atoms in total. The third-order valence-electron chi connectivity index (χ3n) is 5.56. The van der Waals surface area contributed by atoms with Crippen molar-refractivity contribution in [3.63, 3.8) is 0 Å². The maximum Gasteiger partial charge on any atom is 0.243 e. The molecule has 2 aromatic carbocycles. The Bertz CT molecular complexity index is 1010. The molecule has 0 bridgehead atoms. The van der Waals surface area contributed by atoms with Crippen LogP contribution in [0.4, 0.5) is 0 Å². The number of rotatable bonds is 9. The molecule has 0 aromatic heterocycles. The molecular weight excluding hydrogens is 428 g/mol. The van der Waals surface area contributed by atoms with Crippen LogP contribution in [-0.4, -0.2) is 44.9 Å². The lowest BCUT2D eigenvalue weighted by molar-refractivity contribution is -0.126. The minimum Gasteiger partial charge on any atom is -0.490 e. The van der Waals surface area contributed by atoms with Gasteiger partial charge in [-0.05, 0) is 63.4 Å². The van der Waals surface area contributed by atoms with Crippen molar-refractivity contribution in [1.29, 1.82) is 0 Å². The summed E-state index contributed by atoms with van der Waals surface area (Å²) in [4.78, 5) is 13.2. The molecule has 1 saturated heterocycles. The van der Waals surface area contributed by atoms with Gasteiger partial charge in [0.2, 0.25) is 15.9 Å². The molecule has 1 N–H and O–H groups in total. The van der Waals surface area contributed by atoms with E-state index < -0.39 is 15.9 Å². The van der Waals surface area contributed by atoms with E-state index in [-0.39, 0.29) is 23.4 Å². The van der Waals surface area contributed by atoms with E-state index in [1.165, 1.54) is 4.31 Å². The van der Waals surface area contributed by atoms with Gasteiger partial charge in [0, 0.05) is 13.1 Å². The highest BCUT2D eigenvalue weighted by Crippen LogP contribution is 2.31. The number of amides is 1.